The highest BCUT2D eigenvalue weighted by molar-refractivity contribution is 5.25. The lowest BCUT2D eigenvalue weighted by Crippen LogP contribution is -2.34. The number of hydrogen-bond acceptors (Lipinski definition) is 3. The minimum atomic E-state index is 0.0438. The Labute approximate surface area is 128 Å². The van der Waals surface area contributed by atoms with Crippen molar-refractivity contribution in [2.75, 3.05) is 0 Å². The SMILES string of the molecule is CCCc1cc(CO)cc(OC2CC(C)CC(C)(C)C2)n1. The van der Waals surface area contributed by atoms with Crippen molar-refractivity contribution in [1.29, 1.82) is 0 Å². The van der Waals surface area contributed by atoms with E-state index in [0.29, 0.717) is 17.2 Å². The average Bonchev–Trinajstić information content (AvgIpc) is 2.36. The highest BCUT2D eigenvalue weighted by Crippen LogP contribution is 2.39. The van der Waals surface area contributed by atoms with Crippen molar-refractivity contribution < 1.29 is 9.84 Å². The first-order chi connectivity index (χ1) is 9.91. The lowest BCUT2D eigenvalue weighted by Gasteiger charge is -2.38. The summed E-state index contributed by atoms with van der Waals surface area (Å²) >= 11 is 0. The van der Waals surface area contributed by atoms with Crippen LogP contribution in [-0.2, 0) is 13.0 Å². The van der Waals surface area contributed by atoms with E-state index in [4.69, 9.17) is 4.74 Å². The predicted octanol–water partition coefficient (Wildman–Crippen LogP) is 4.12. The summed E-state index contributed by atoms with van der Waals surface area (Å²) in [6.07, 6.45) is 5.65. The standard InChI is InChI=1S/C18H29NO2/c1-5-6-15-8-14(12-20)9-17(19-15)21-16-7-13(2)10-18(3,4)11-16/h8-9,13,16,20H,5-7,10-12H2,1-4H3. The van der Waals surface area contributed by atoms with Crippen LogP contribution in [0.5, 0.6) is 5.88 Å². The van der Waals surface area contributed by atoms with Gasteiger partial charge < -0.3 is 9.84 Å². The van der Waals surface area contributed by atoms with Crippen LogP contribution in [0.25, 0.3) is 0 Å². The van der Waals surface area contributed by atoms with E-state index < -0.39 is 0 Å². The molecule has 2 unspecified atom stereocenters. The molecule has 3 nitrogen and oxygen atoms in total. The first-order valence-corrected chi connectivity index (χ1v) is 8.19. The zero-order chi connectivity index (χ0) is 15.5. The number of ether oxygens (including phenoxy) is 1. The first kappa shape index (κ1) is 16.3. The molecule has 1 saturated carbocycles. The molecule has 1 aliphatic carbocycles. The lowest BCUT2D eigenvalue weighted by atomic mass is 9.71. The molecular weight excluding hydrogens is 262 g/mol. The van der Waals surface area contributed by atoms with Crippen LogP contribution >= 0.6 is 0 Å². The number of aromatic nitrogens is 1. The van der Waals surface area contributed by atoms with Crippen molar-refractivity contribution in [2.45, 2.75) is 72.5 Å². The predicted molar refractivity (Wildman–Crippen MR) is 85.4 cm³/mol. The second-order valence-corrected chi connectivity index (χ2v) is 7.37. The molecule has 21 heavy (non-hydrogen) atoms. The minimum Gasteiger partial charge on any atom is -0.474 e. The monoisotopic (exact) mass is 291 g/mol. The van der Waals surface area contributed by atoms with Gasteiger partial charge in [0.1, 0.15) is 6.10 Å². The van der Waals surface area contributed by atoms with Crippen molar-refractivity contribution >= 4 is 0 Å². The van der Waals surface area contributed by atoms with Crippen molar-refractivity contribution in [3.05, 3.63) is 23.4 Å². The highest BCUT2D eigenvalue weighted by Gasteiger charge is 2.33. The van der Waals surface area contributed by atoms with Crippen LogP contribution < -0.4 is 4.74 Å². The van der Waals surface area contributed by atoms with Gasteiger partial charge in [-0.05, 0) is 48.6 Å². The molecule has 1 aromatic rings. The number of nitrogens with zero attached hydrogens (tertiary/aromatic N) is 1. The van der Waals surface area contributed by atoms with Gasteiger partial charge in [-0.15, -0.1) is 0 Å². The fourth-order valence-electron chi connectivity index (χ4n) is 3.68. The van der Waals surface area contributed by atoms with Crippen molar-refractivity contribution in [1.82, 2.24) is 4.98 Å². The Morgan fingerprint density at radius 1 is 1.33 bits per heavy atom. The van der Waals surface area contributed by atoms with Gasteiger partial charge in [0, 0.05) is 11.8 Å². The maximum Gasteiger partial charge on any atom is 0.214 e. The molecule has 3 heteroatoms. The summed E-state index contributed by atoms with van der Waals surface area (Å²) in [4.78, 5) is 4.60. The Hall–Kier alpha value is -1.09. The molecule has 0 radical (unpaired) electrons. The van der Waals surface area contributed by atoms with E-state index in [1.165, 1.54) is 6.42 Å². The van der Waals surface area contributed by atoms with Crippen LogP contribution in [0.15, 0.2) is 12.1 Å². The molecule has 0 amide bonds. The fourth-order valence-corrected chi connectivity index (χ4v) is 3.68. The molecule has 1 aliphatic rings. The third kappa shape index (κ3) is 4.70. The van der Waals surface area contributed by atoms with E-state index in [-0.39, 0.29) is 12.7 Å². The zero-order valence-electron chi connectivity index (χ0n) is 13.9. The van der Waals surface area contributed by atoms with Gasteiger partial charge in [-0.2, -0.15) is 0 Å². The Balaban J connectivity index is 2.12. The normalized spacial score (nSPS) is 24.8. The van der Waals surface area contributed by atoms with E-state index in [0.717, 1.165) is 36.9 Å². The summed E-state index contributed by atoms with van der Waals surface area (Å²) in [5, 5.41) is 9.40. The Bertz CT molecular complexity index is 470. The summed E-state index contributed by atoms with van der Waals surface area (Å²) < 4.78 is 6.17. The second kappa shape index (κ2) is 6.78. The quantitative estimate of drug-likeness (QED) is 0.887. The number of rotatable bonds is 5. The number of aliphatic hydroxyl groups excluding tert-OH is 1. The second-order valence-electron chi connectivity index (χ2n) is 7.37. The molecule has 1 fully saturated rings. The Morgan fingerprint density at radius 3 is 2.71 bits per heavy atom. The van der Waals surface area contributed by atoms with Crippen molar-refractivity contribution in [2.24, 2.45) is 11.3 Å². The number of aliphatic hydroxyl groups is 1. The van der Waals surface area contributed by atoms with Crippen LogP contribution in [0.3, 0.4) is 0 Å². The van der Waals surface area contributed by atoms with E-state index in [1.54, 1.807) is 0 Å². The summed E-state index contributed by atoms with van der Waals surface area (Å²) in [7, 11) is 0. The maximum atomic E-state index is 9.40. The van der Waals surface area contributed by atoms with Crippen molar-refractivity contribution in [3.63, 3.8) is 0 Å². The summed E-state index contributed by atoms with van der Waals surface area (Å²) in [5.41, 5.74) is 2.25. The van der Waals surface area contributed by atoms with Gasteiger partial charge in [-0.25, -0.2) is 4.98 Å². The molecule has 0 saturated heterocycles. The van der Waals surface area contributed by atoms with E-state index in [2.05, 4.69) is 32.7 Å². The van der Waals surface area contributed by atoms with Gasteiger partial charge in [0.25, 0.3) is 0 Å². The van der Waals surface area contributed by atoms with E-state index in [9.17, 15) is 5.11 Å². The molecule has 118 valence electrons. The molecule has 0 spiro atoms. The molecule has 0 bridgehead atoms. The molecule has 1 aromatic heterocycles. The minimum absolute atomic E-state index is 0.0438. The van der Waals surface area contributed by atoms with Crippen LogP contribution in [0.1, 0.15) is 64.6 Å². The van der Waals surface area contributed by atoms with Crippen LogP contribution in [0.2, 0.25) is 0 Å². The molecular formula is C18H29NO2. The molecule has 2 rings (SSSR count). The first-order valence-electron chi connectivity index (χ1n) is 8.19. The number of hydrogen-bond donors (Lipinski definition) is 1. The third-order valence-corrected chi connectivity index (χ3v) is 4.24. The smallest absolute Gasteiger partial charge is 0.214 e. The summed E-state index contributed by atoms with van der Waals surface area (Å²) in [6, 6.07) is 3.86. The van der Waals surface area contributed by atoms with Gasteiger partial charge in [-0.1, -0.05) is 34.1 Å². The van der Waals surface area contributed by atoms with Crippen LogP contribution in [-0.4, -0.2) is 16.2 Å². The summed E-state index contributed by atoms with van der Waals surface area (Å²) in [5.74, 6) is 1.37. The third-order valence-electron chi connectivity index (χ3n) is 4.24. The molecule has 0 aromatic carbocycles. The largest absolute Gasteiger partial charge is 0.474 e. The lowest BCUT2D eigenvalue weighted by molar-refractivity contribution is 0.0530. The zero-order valence-corrected chi connectivity index (χ0v) is 13.9. The molecule has 2 atom stereocenters. The van der Waals surface area contributed by atoms with Crippen LogP contribution in [0, 0.1) is 11.3 Å². The van der Waals surface area contributed by atoms with Crippen LogP contribution in [0.4, 0.5) is 0 Å². The maximum absolute atomic E-state index is 9.40. The number of aryl methyl sites for hydroxylation is 1. The van der Waals surface area contributed by atoms with Gasteiger partial charge in [0.2, 0.25) is 5.88 Å². The van der Waals surface area contributed by atoms with Gasteiger partial charge >= 0.3 is 0 Å². The van der Waals surface area contributed by atoms with Gasteiger partial charge in [0.05, 0.1) is 6.61 Å². The molecule has 1 heterocycles. The van der Waals surface area contributed by atoms with E-state index in [1.807, 2.05) is 12.1 Å². The number of pyridine rings is 1. The highest BCUT2D eigenvalue weighted by atomic mass is 16.5. The van der Waals surface area contributed by atoms with Gasteiger partial charge in [-0.3, -0.25) is 0 Å². The van der Waals surface area contributed by atoms with Gasteiger partial charge in [0.15, 0.2) is 0 Å². The summed E-state index contributed by atoms with van der Waals surface area (Å²) in [6.45, 7) is 9.12. The Kier molecular flexibility index (Phi) is 5.26. The molecule has 1 N–H and O–H groups in total. The van der Waals surface area contributed by atoms with E-state index >= 15 is 0 Å². The average molecular weight is 291 g/mol. The topological polar surface area (TPSA) is 42.4 Å². The Morgan fingerprint density at radius 2 is 2.10 bits per heavy atom. The van der Waals surface area contributed by atoms with Crippen molar-refractivity contribution in [3.8, 4) is 5.88 Å². The fraction of sp³-hybridized carbons (Fsp3) is 0.722. The molecule has 0 aliphatic heterocycles.